The Morgan fingerprint density at radius 1 is 1.20 bits per heavy atom. The summed E-state index contributed by atoms with van der Waals surface area (Å²) in [5.41, 5.74) is 8.35. The smallest absolute Gasteiger partial charge is 0.542 e. The minimum absolute atomic E-state index is 0. The van der Waals surface area contributed by atoms with E-state index < -0.39 is 0 Å². The number of nitrogens with two attached hydrogens (primary N) is 1. The van der Waals surface area contributed by atoms with Gasteiger partial charge in [-0.15, -0.1) is 27.2 Å². The molecule has 35 heavy (non-hydrogen) atoms. The van der Waals surface area contributed by atoms with Crippen molar-refractivity contribution in [2.45, 2.75) is 32.7 Å². The van der Waals surface area contributed by atoms with Gasteiger partial charge in [-0.2, -0.15) is 34.5 Å². The van der Waals surface area contributed by atoms with Crippen molar-refractivity contribution in [1.82, 2.24) is 13.7 Å². The number of benzene rings is 1. The van der Waals surface area contributed by atoms with Crippen molar-refractivity contribution in [2.75, 3.05) is 37.5 Å². The Balaban J connectivity index is 0.000000477. The molecule has 0 fully saturated rings. The van der Waals surface area contributed by atoms with Crippen molar-refractivity contribution in [3.8, 4) is 6.01 Å². The van der Waals surface area contributed by atoms with Gasteiger partial charge in [0.05, 0.1) is 19.8 Å². The monoisotopic (exact) mass is 640 g/mol. The summed E-state index contributed by atoms with van der Waals surface area (Å²) in [7, 11) is 0. The molecule has 1 aliphatic heterocycles. The number of rotatable bonds is 13. The van der Waals surface area contributed by atoms with Crippen LogP contribution in [0.2, 0.25) is 0 Å². The average molecular weight is 640 g/mol. The van der Waals surface area contributed by atoms with Crippen molar-refractivity contribution in [3.63, 3.8) is 0 Å². The first-order chi connectivity index (χ1) is 16.5. The maximum Gasteiger partial charge on any atom is 2.00 e. The number of hydrogen-bond donors (Lipinski definition) is 4. The van der Waals surface area contributed by atoms with Crippen LogP contribution in [0.25, 0.3) is 0 Å². The van der Waals surface area contributed by atoms with Crippen LogP contribution in [0.15, 0.2) is 24.3 Å². The number of aromatic nitrogens is 2. The van der Waals surface area contributed by atoms with E-state index in [4.69, 9.17) is 20.0 Å². The second kappa shape index (κ2) is 17.4. The summed E-state index contributed by atoms with van der Waals surface area (Å²) in [6.45, 7) is 8.34. The van der Waals surface area contributed by atoms with Crippen LogP contribution in [-0.4, -0.2) is 48.7 Å². The number of amides is 2. The van der Waals surface area contributed by atoms with Crippen molar-refractivity contribution in [1.29, 1.82) is 0 Å². The molecule has 0 aliphatic carbocycles. The number of fused-ring (bicyclic) bond motifs is 1. The van der Waals surface area contributed by atoms with E-state index in [-0.39, 0.29) is 34.9 Å². The number of unbranched alkanes of at least 4 members (excludes halogenated alkanes) is 1. The van der Waals surface area contributed by atoms with E-state index in [9.17, 15) is 9.59 Å². The van der Waals surface area contributed by atoms with Crippen molar-refractivity contribution in [2.24, 2.45) is 0 Å². The predicted octanol–water partition coefficient (Wildman–Crippen LogP) is 2.05. The third-order valence-corrected chi connectivity index (χ3v) is 4.89. The van der Waals surface area contributed by atoms with Crippen LogP contribution in [0.5, 0.6) is 6.01 Å². The molecule has 2 aromatic rings. The van der Waals surface area contributed by atoms with Crippen LogP contribution in [0, 0.1) is 6.92 Å². The van der Waals surface area contributed by atoms with Gasteiger partial charge in [-0.3, -0.25) is 16.4 Å². The van der Waals surface area contributed by atoms with Crippen LogP contribution in [0.3, 0.4) is 0 Å². The topological polar surface area (TPSA) is 142 Å². The van der Waals surface area contributed by atoms with Gasteiger partial charge in [-0.25, -0.2) is 4.79 Å². The molecule has 1 atom stereocenters. The number of anilines is 2. The third kappa shape index (κ3) is 10.7. The van der Waals surface area contributed by atoms with Crippen LogP contribution < -0.4 is 24.4 Å². The largest absolute Gasteiger partial charge is 2.00 e. The summed E-state index contributed by atoms with van der Waals surface area (Å²) < 4.78 is 13.0. The maximum absolute atomic E-state index is 12.3. The van der Waals surface area contributed by atoms with Gasteiger partial charge in [0, 0.05) is 29.5 Å². The SMILES string of the molecule is O=[C-]CCOCCONI.[CH2-]c1ccc(C[NH+]2C(=O)Nc3c(N)nc(OCCCC)nc32)cc1.[Mn+2]. The number of nitrogen functional groups attached to an aromatic ring is 1. The van der Waals surface area contributed by atoms with Gasteiger partial charge in [0.15, 0.2) is 11.5 Å². The molecule has 1 unspecified atom stereocenters. The van der Waals surface area contributed by atoms with E-state index in [1.54, 1.807) is 6.29 Å². The normalized spacial score (nSPS) is 13.7. The molecule has 0 saturated carbocycles. The molecular formula is C22H30IMnN6O5+. The Labute approximate surface area is 229 Å². The summed E-state index contributed by atoms with van der Waals surface area (Å²) in [4.78, 5) is 35.7. The minimum Gasteiger partial charge on any atom is -0.542 e. The van der Waals surface area contributed by atoms with Gasteiger partial charge in [0.1, 0.15) is 6.54 Å². The molecular weight excluding hydrogens is 610 g/mol. The molecule has 1 aliphatic rings. The zero-order valence-electron chi connectivity index (χ0n) is 19.4. The Bertz CT molecular complexity index is 922. The van der Waals surface area contributed by atoms with Crippen LogP contribution >= 0.6 is 22.9 Å². The summed E-state index contributed by atoms with van der Waals surface area (Å²) >= 11 is 1.87. The van der Waals surface area contributed by atoms with Gasteiger partial charge in [-0.1, -0.05) is 13.3 Å². The van der Waals surface area contributed by atoms with Crippen molar-refractivity contribution in [3.05, 3.63) is 42.3 Å². The Morgan fingerprint density at radius 3 is 2.60 bits per heavy atom. The van der Waals surface area contributed by atoms with Gasteiger partial charge >= 0.3 is 29.1 Å². The molecule has 2 amide bonds. The number of halogens is 1. The van der Waals surface area contributed by atoms with Crippen LogP contribution in [-0.2, 0) is 38.0 Å². The number of urea groups is 1. The van der Waals surface area contributed by atoms with Crippen molar-refractivity contribution < 1.29 is 45.9 Å². The van der Waals surface area contributed by atoms with Crippen LogP contribution in [0.1, 0.15) is 37.3 Å². The molecule has 1 radical (unpaired) electrons. The Kier molecular flexibility index (Phi) is 15.5. The molecule has 5 N–H and O–H groups in total. The number of nitrogens with one attached hydrogen (secondary N) is 3. The second-order valence-corrected chi connectivity index (χ2v) is 7.62. The maximum atomic E-state index is 12.3. The first-order valence-electron chi connectivity index (χ1n) is 10.8. The van der Waals surface area contributed by atoms with E-state index in [0.29, 0.717) is 55.8 Å². The fourth-order valence-corrected chi connectivity index (χ4v) is 3.07. The van der Waals surface area contributed by atoms with Crippen molar-refractivity contribution >= 4 is 52.5 Å². The number of ether oxygens (including phenoxy) is 2. The molecule has 1 aromatic carbocycles. The van der Waals surface area contributed by atoms with E-state index in [1.807, 2.05) is 47.1 Å². The zero-order valence-corrected chi connectivity index (χ0v) is 22.8. The molecule has 0 spiro atoms. The summed E-state index contributed by atoms with van der Waals surface area (Å²) in [5, 5.41) is 2.75. The van der Waals surface area contributed by atoms with Gasteiger partial charge < -0.3 is 20.0 Å². The fraction of sp³-hybridized carbons (Fsp3) is 0.409. The standard InChI is InChI=1S/C17H20N5O2.C5H9INO3.Mn/c1-3-4-9-24-16-20-14(18)13-15(21-16)22(17(23)19-13)10-12-7-5-11(2)6-8-12;6-7-10-5-4-9-3-1-2-8;/h5-8H,2-4,9-10H2,1H3,(H,19,23)(H2,18,20,21);7H,1,3-5H2;/q2*-1;+2/p+1. The minimum atomic E-state index is -0.199. The van der Waals surface area contributed by atoms with E-state index in [1.165, 1.54) is 0 Å². The molecule has 11 nitrogen and oxygen atoms in total. The Hall–Kier alpha value is -2.00. The molecule has 0 bridgehead atoms. The molecule has 2 heterocycles. The summed E-state index contributed by atoms with van der Waals surface area (Å²) in [5.74, 6) is 0.751. The fourth-order valence-electron chi connectivity index (χ4n) is 2.85. The second-order valence-electron chi connectivity index (χ2n) is 7.18. The number of nitrogens with zero attached hydrogens (tertiary/aromatic N) is 2. The average Bonchev–Trinajstić information content (AvgIpc) is 3.14. The first-order valence-corrected chi connectivity index (χ1v) is 11.9. The molecule has 13 heteroatoms. The number of carbonyl (C=O) groups excluding carboxylic acids is 2. The van der Waals surface area contributed by atoms with Crippen LogP contribution in [0.4, 0.5) is 22.1 Å². The van der Waals surface area contributed by atoms with E-state index in [2.05, 4.69) is 32.8 Å². The molecule has 0 saturated heterocycles. The number of carbonyl (C=O) groups is 1. The van der Waals surface area contributed by atoms with E-state index in [0.717, 1.165) is 24.0 Å². The van der Waals surface area contributed by atoms with Gasteiger partial charge in [0.2, 0.25) is 0 Å². The van der Waals surface area contributed by atoms with Gasteiger partial charge in [0.25, 0.3) is 5.82 Å². The number of hydrogen-bond acceptors (Lipinski definition) is 9. The molecule has 1 aromatic heterocycles. The zero-order chi connectivity index (χ0) is 24.8. The summed E-state index contributed by atoms with van der Waals surface area (Å²) in [6.07, 6.45) is 3.98. The van der Waals surface area contributed by atoms with E-state index >= 15 is 0 Å². The molecule has 3 rings (SSSR count). The predicted molar refractivity (Wildman–Crippen MR) is 135 cm³/mol. The third-order valence-electron chi connectivity index (χ3n) is 4.58. The molecule has 191 valence electrons. The quantitative estimate of drug-likeness (QED) is 0.0647. The Morgan fingerprint density at radius 2 is 1.94 bits per heavy atom. The van der Waals surface area contributed by atoms with Gasteiger partial charge in [-0.05, 0) is 12.0 Å². The summed E-state index contributed by atoms with van der Waals surface area (Å²) in [6, 6.07) is 7.74. The first kappa shape index (κ1) is 31.0. The number of quaternary nitrogens is 1.